The highest BCUT2D eigenvalue weighted by Crippen LogP contribution is 2.40. The summed E-state index contributed by atoms with van der Waals surface area (Å²) in [7, 11) is 0. The maximum Gasteiger partial charge on any atom is 0.0789 e. The fraction of sp³-hybridized carbons (Fsp3) is 1.00. The van der Waals surface area contributed by atoms with Gasteiger partial charge < -0.3 is 10.5 Å². The Labute approximate surface area is 93.0 Å². The summed E-state index contributed by atoms with van der Waals surface area (Å²) in [4.78, 5) is 2.54. The Morgan fingerprint density at radius 1 is 1.27 bits per heavy atom. The Hall–Kier alpha value is -0.120. The zero-order chi connectivity index (χ0) is 10.8. The maximum absolute atomic E-state index is 6.25. The fourth-order valence-electron chi connectivity index (χ4n) is 3.15. The largest absolute Gasteiger partial charge is 0.376 e. The van der Waals surface area contributed by atoms with E-state index >= 15 is 0 Å². The van der Waals surface area contributed by atoms with E-state index in [1.165, 1.54) is 32.4 Å². The number of hydrogen-bond acceptors (Lipinski definition) is 3. The van der Waals surface area contributed by atoms with Gasteiger partial charge in [0.05, 0.1) is 12.1 Å². The Morgan fingerprint density at radius 2 is 1.93 bits per heavy atom. The molecule has 0 aromatic carbocycles. The average molecular weight is 212 g/mol. The van der Waals surface area contributed by atoms with Crippen LogP contribution in [-0.2, 0) is 4.74 Å². The maximum atomic E-state index is 6.25. The molecule has 1 saturated carbocycles. The third-order valence-electron chi connectivity index (χ3n) is 3.85. The highest BCUT2D eigenvalue weighted by atomic mass is 16.5. The van der Waals surface area contributed by atoms with Crippen LogP contribution < -0.4 is 5.73 Å². The number of ether oxygens (including phenoxy) is 1. The summed E-state index contributed by atoms with van der Waals surface area (Å²) in [5.41, 5.74) is 6.25. The molecule has 15 heavy (non-hydrogen) atoms. The summed E-state index contributed by atoms with van der Waals surface area (Å²) < 4.78 is 5.79. The van der Waals surface area contributed by atoms with Gasteiger partial charge >= 0.3 is 0 Å². The SMILES string of the molecule is CCCN(CCC)C1C(N)C2CCOC21. The quantitative estimate of drug-likeness (QED) is 0.745. The van der Waals surface area contributed by atoms with E-state index in [0.29, 0.717) is 24.1 Å². The van der Waals surface area contributed by atoms with Crippen LogP contribution in [0.5, 0.6) is 0 Å². The lowest BCUT2D eigenvalue weighted by Gasteiger charge is -2.51. The number of hydrogen-bond donors (Lipinski definition) is 1. The Balaban J connectivity index is 1.95. The van der Waals surface area contributed by atoms with Gasteiger partial charge in [0.1, 0.15) is 0 Å². The molecule has 1 heterocycles. The van der Waals surface area contributed by atoms with Crippen molar-refractivity contribution in [2.45, 2.75) is 51.3 Å². The van der Waals surface area contributed by atoms with Crippen molar-refractivity contribution in [2.75, 3.05) is 19.7 Å². The van der Waals surface area contributed by atoms with E-state index in [4.69, 9.17) is 10.5 Å². The van der Waals surface area contributed by atoms with Crippen LogP contribution >= 0.6 is 0 Å². The summed E-state index contributed by atoms with van der Waals surface area (Å²) in [5, 5.41) is 0. The van der Waals surface area contributed by atoms with Gasteiger partial charge in [0.15, 0.2) is 0 Å². The number of nitrogens with zero attached hydrogens (tertiary/aromatic N) is 1. The summed E-state index contributed by atoms with van der Waals surface area (Å²) in [5.74, 6) is 0.645. The average Bonchev–Trinajstić information content (AvgIpc) is 2.62. The van der Waals surface area contributed by atoms with Gasteiger partial charge in [-0.2, -0.15) is 0 Å². The number of fused-ring (bicyclic) bond motifs is 1. The molecule has 4 atom stereocenters. The lowest BCUT2D eigenvalue weighted by molar-refractivity contribution is -0.0736. The van der Waals surface area contributed by atoms with E-state index in [9.17, 15) is 0 Å². The molecule has 2 fully saturated rings. The first-order valence-electron chi connectivity index (χ1n) is 6.40. The molecule has 0 bridgehead atoms. The molecule has 2 rings (SSSR count). The molecule has 0 amide bonds. The smallest absolute Gasteiger partial charge is 0.0789 e. The molecule has 88 valence electrons. The molecular formula is C12H24N2O. The molecule has 0 radical (unpaired) electrons. The predicted molar refractivity (Wildman–Crippen MR) is 61.8 cm³/mol. The molecule has 0 aromatic rings. The van der Waals surface area contributed by atoms with Crippen molar-refractivity contribution in [2.24, 2.45) is 11.7 Å². The van der Waals surface area contributed by atoms with Gasteiger partial charge in [-0.05, 0) is 32.4 Å². The molecule has 1 aliphatic carbocycles. The minimum atomic E-state index is 0.357. The Morgan fingerprint density at radius 3 is 2.53 bits per heavy atom. The van der Waals surface area contributed by atoms with Crippen molar-refractivity contribution in [3.63, 3.8) is 0 Å². The molecular weight excluding hydrogens is 188 g/mol. The number of rotatable bonds is 5. The molecule has 2 N–H and O–H groups in total. The van der Waals surface area contributed by atoms with Crippen LogP contribution in [0.4, 0.5) is 0 Å². The second-order valence-corrected chi connectivity index (χ2v) is 4.89. The van der Waals surface area contributed by atoms with Crippen molar-refractivity contribution >= 4 is 0 Å². The van der Waals surface area contributed by atoms with Gasteiger partial charge in [-0.1, -0.05) is 13.8 Å². The molecule has 4 unspecified atom stereocenters. The van der Waals surface area contributed by atoms with Gasteiger partial charge in [-0.15, -0.1) is 0 Å². The summed E-state index contributed by atoms with van der Waals surface area (Å²) in [6, 6.07) is 0.855. The molecule has 2 aliphatic rings. The second kappa shape index (κ2) is 4.81. The first-order chi connectivity index (χ1) is 7.29. The van der Waals surface area contributed by atoms with E-state index in [2.05, 4.69) is 18.7 Å². The minimum Gasteiger partial charge on any atom is -0.376 e. The van der Waals surface area contributed by atoms with Gasteiger partial charge in [-0.25, -0.2) is 0 Å². The highest BCUT2D eigenvalue weighted by Gasteiger charge is 2.53. The van der Waals surface area contributed by atoms with Crippen LogP contribution in [0.15, 0.2) is 0 Å². The minimum absolute atomic E-state index is 0.357. The Kier molecular flexibility index (Phi) is 3.65. The standard InChI is InChI=1S/C12H24N2O/c1-3-6-14(7-4-2)11-10(13)9-5-8-15-12(9)11/h9-12H,3-8,13H2,1-2H3. The fourth-order valence-corrected chi connectivity index (χ4v) is 3.15. The van der Waals surface area contributed by atoms with Crippen molar-refractivity contribution < 1.29 is 4.74 Å². The monoisotopic (exact) mass is 212 g/mol. The van der Waals surface area contributed by atoms with Gasteiger partial charge in [-0.3, -0.25) is 4.90 Å². The van der Waals surface area contributed by atoms with Crippen LogP contribution in [0.1, 0.15) is 33.1 Å². The third kappa shape index (κ3) is 1.93. The van der Waals surface area contributed by atoms with E-state index in [1.54, 1.807) is 0 Å². The molecule has 1 saturated heterocycles. The van der Waals surface area contributed by atoms with Crippen molar-refractivity contribution in [3.8, 4) is 0 Å². The number of nitrogens with two attached hydrogens (primary N) is 1. The van der Waals surface area contributed by atoms with E-state index in [-0.39, 0.29) is 0 Å². The Bertz CT molecular complexity index is 204. The molecule has 3 heteroatoms. The molecule has 0 spiro atoms. The highest BCUT2D eigenvalue weighted by molar-refractivity contribution is 5.09. The third-order valence-corrected chi connectivity index (χ3v) is 3.85. The zero-order valence-corrected chi connectivity index (χ0v) is 9.98. The topological polar surface area (TPSA) is 38.5 Å². The van der Waals surface area contributed by atoms with Crippen LogP contribution in [0.2, 0.25) is 0 Å². The van der Waals surface area contributed by atoms with Gasteiger partial charge in [0, 0.05) is 18.6 Å². The first kappa shape index (κ1) is 11.4. The van der Waals surface area contributed by atoms with Crippen LogP contribution in [0, 0.1) is 5.92 Å². The van der Waals surface area contributed by atoms with Gasteiger partial charge in [0.2, 0.25) is 0 Å². The predicted octanol–water partition coefficient (Wildman–Crippen LogP) is 1.22. The van der Waals surface area contributed by atoms with E-state index in [1.807, 2.05) is 0 Å². The summed E-state index contributed by atoms with van der Waals surface area (Å²) in [6.45, 7) is 7.73. The lowest BCUT2D eigenvalue weighted by atomic mass is 9.71. The van der Waals surface area contributed by atoms with E-state index in [0.717, 1.165) is 6.61 Å². The zero-order valence-electron chi connectivity index (χ0n) is 9.98. The molecule has 0 aromatic heterocycles. The van der Waals surface area contributed by atoms with Crippen LogP contribution in [0.25, 0.3) is 0 Å². The van der Waals surface area contributed by atoms with Crippen molar-refractivity contribution in [3.05, 3.63) is 0 Å². The summed E-state index contributed by atoms with van der Waals surface area (Å²) in [6.07, 6.45) is 4.04. The van der Waals surface area contributed by atoms with Crippen LogP contribution in [-0.4, -0.2) is 42.8 Å². The lowest BCUT2D eigenvalue weighted by Crippen LogP contribution is -2.69. The van der Waals surface area contributed by atoms with Crippen molar-refractivity contribution in [1.29, 1.82) is 0 Å². The molecule has 3 nitrogen and oxygen atoms in total. The normalized spacial score (nSPS) is 39.2. The van der Waals surface area contributed by atoms with E-state index < -0.39 is 0 Å². The first-order valence-corrected chi connectivity index (χ1v) is 6.40. The van der Waals surface area contributed by atoms with Crippen molar-refractivity contribution in [1.82, 2.24) is 4.90 Å². The summed E-state index contributed by atoms with van der Waals surface area (Å²) >= 11 is 0. The molecule has 1 aliphatic heterocycles. The van der Waals surface area contributed by atoms with Gasteiger partial charge in [0.25, 0.3) is 0 Å². The van der Waals surface area contributed by atoms with Crippen LogP contribution in [0.3, 0.4) is 0 Å². The second-order valence-electron chi connectivity index (χ2n) is 4.89.